The molecular weight excluding hydrogens is 270 g/mol. The lowest BCUT2D eigenvalue weighted by molar-refractivity contribution is -0.0249. The van der Waals surface area contributed by atoms with Crippen molar-refractivity contribution in [2.45, 2.75) is 6.10 Å². The standard InChI is InChI=1S/C15H15N3O3/c19-14-6-3-5-12(17-14)15(20)18-8-9-21-13(10-18)11-4-1-2-7-16-11/h1-7,13H,8-10H2,(H,17,19)/t13-/m0/s1. The highest BCUT2D eigenvalue weighted by Crippen LogP contribution is 2.20. The molecule has 1 atom stereocenters. The van der Waals surface area contributed by atoms with Gasteiger partial charge in [0, 0.05) is 18.8 Å². The van der Waals surface area contributed by atoms with E-state index in [1.807, 2.05) is 18.2 Å². The number of H-pyrrole nitrogens is 1. The predicted octanol–water partition coefficient (Wildman–Crippen LogP) is 0.984. The molecule has 0 radical (unpaired) electrons. The summed E-state index contributed by atoms with van der Waals surface area (Å²) in [5, 5.41) is 0. The first-order valence-electron chi connectivity index (χ1n) is 6.75. The number of pyridine rings is 2. The van der Waals surface area contributed by atoms with Gasteiger partial charge in [-0.15, -0.1) is 0 Å². The van der Waals surface area contributed by atoms with Gasteiger partial charge in [-0.3, -0.25) is 14.6 Å². The first-order chi connectivity index (χ1) is 10.2. The van der Waals surface area contributed by atoms with Crippen LogP contribution in [0.5, 0.6) is 0 Å². The van der Waals surface area contributed by atoms with Crippen molar-refractivity contribution in [3.63, 3.8) is 0 Å². The Balaban J connectivity index is 1.77. The molecule has 3 heterocycles. The Bertz CT molecular complexity index is 684. The molecule has 0 unspecified atom stereocenters. The maximum Gasteiger partial charge on any atom is 0.270 e. The van der Waals surface area contributed by atoms with Gasteiger partial charge < -0.3 is 14.6 Å². The molecule has 0 saturated carbocycles. The van der Waals surface area contributed by atoms with Crippen LogP contribution in [0.2, 0.25) is 0 Å². The lowest BCUT2D eigenvalue weighted by atomic mass is 10.1. The minimum atomic E-state index is -0.282. The summed E-state index contributed by atoms with van der Waals surface area (Å²) in [5.74, 6) is -0.197. The Morgan fingerprint density at radius 2 is 2.19 bits per heavy atom. The summed E-state index contributed by atoms with van der Waals surface area (Å²) in [4.78, 5) is 32.2. The van der Waals surface area contributed by atoms with E-state index in [2.05, 4.69) is 9.97 Å². The summed E-state index contributed by atoms with van der Waals surface area (Å²) in [6, 6.07) is 10.2. The molecule has 1 N–H and O–H groups in total. The average molecular weight is 285 g/mol. The van der Waals surface area contributed by atoms with Crippen LogP contribution < -0.4 is 5.56 Å². The van der Waals surface area contributed by atoms with Crippen molar-refractivity contribution >= 4 is 5.91 Å². The number of carbonyl (C=O) groups excluding carboxylic acids is 1. The molecule has 21 heavy (non-hydrogen) atoms. The largest absolute Gasteiger partial charge is 0.368 e. The summed E-state index contributed by atoms with van der Waals surface area (Å²) >= 11 is 0. The molecule has 0 aromatic carbocycles. The van der Waals surface area contributed by atoms with Gasteiger partial charge in [0.25, 0.3) is 5.91 Å². The lowest BCUT2D eigenvalue weighted by Crippen LogP contribution is -2.43. The molecule has 2 aromatic heterocycles. The smallest absolute Gasteiger partial charge is 0.270 e. The third-order valence-corrected chi connectivity index (χ3v) is 3.37. The van der Waals surface area contributed by atoms with Crippen LogP contribution in [0.1, 0.15) is 22.3 Å². The zero-order valence-corrected chi connectivity index (χ0v) is 11.4. The molecule has 1 aliphatic heterocycles. The number of rotatable bonds is 2. The van der Waals surface area contributed by atoms with Crippen molar-refractivity contribution in [1.82, 2.24) is 14.9 Å². The van der Waals surface area contributed by atoms with Crippen LogP contribution in [-0.2, 0) is 4.74 Å². The Labute approximate surface area is 121 Å². The van der Waals surface area contributed by atoms with E-state index in [1.165, 1.54) is 6.07 Å². The fraction of sp³-hybridized carbons (Fsp3) is 0.267. The van der Waals surface area contributed by atoms with Gasteiger partial charge >= 0.3 is 0 Å². The average Bonchev–Trinajstić information content (AvgIpc) is 2.55. The van der Waals surface area contributed by atoms with Gasteiger partial charge in [0.05, 0.1) is 18.8 Å². The number of aromatic nitrogens is 2. The minimum absolute atomic E-state index is 0.197. The van der Waals surface area contributed by atoms with Crippen LogP contribution in [-0.4, -0.2) is 40.5 Å². The Hall–Kier alpha value is -2.47. The van der Waals surface area contributed by atoms with Crippen molar-refractivity contribution in [3.05, 3.63) is 64.3 Å². The summed E-state index contributed by atoms with van der Waals surface area (Å²) in [5.41, 5.74) is 0.816. The topological polar surface area (TPSA) is 75.3 Å². The maximum absolute atomic E-state index is 12.4. The van der Waals surface area contributed by atoms with E-state index < -0.39 is 0 Å². The third-order valence-electron chi connectivity index (χ3n) is 3.37. The van der Waals surface area contributed by atoms with Crippen LogP contribution in [0.4, 0.5) is 0 Å². The van der Waals surface area contributed by atoms with Crippen molar-refractivity contribution in [3.8, 4) is 0 Å². The fourth-order valence-electron chi connectivity index (χ4n) is 2.32. The van der Waals surface area contributed by atoms with Crippen LogP contribution in [0.25, 0.3) is 0 Å². The van der Waals surface area contributed by atoms with Gasteiger partial charge in [-0.1, -0.05) is 12.1 Å². The third kappa shape index (κ3) is 3.00. The van der Waals surface area contributed by atoms with E-state index in [-0.39, 0.29) is 17.6 Å². The maximum atomic E-state index is 12.4. The van der Waals surface area contributed by atoms with E-state index >= 15 is 0 Å². The Morgan fingerprint density at radius 1 is 1.29 bits per heavy atom. The van der Waals surface area contributed by atoms with Crippen molar-refractivity contribution < 1.29 is 9.53 Å². The van der Waals surface area contributed by atoms with Crippen molar-refractivity contribution in [2.75, 3.05) is 19.7 Å². The molecule has 3 rings (SSSR count). The minimum Gasteiger partial charge on any atom is -0.368 e. The molecule has 0 spiro atoms. The quantitative estimate of drug-likeness (QED) is 0.892. The SMILES string of the molecule is O=C(c1cccc(=O)[nH]1)N1CCO[C@H](c2ccccn2)C1. The highest BCUT2D eigenvalue weighted by atomic mass is 16.5. The van der Waals surface area contributed by atoms with Crippen molar-refractivity contribution in [2.24, 2.45) is 0 Å². The van der Waals surface area contributed by atoms with Gasteiger partial charge in [0.15, 0.2) is 0 Å². The Morgan fingerprint density at radius 3 is 2.95 bits per heavy atom. The van der Waals surface area contributed by atoms with Gasteiger partial charge in [0.1, 0.15) is 11.8 Å². The number of nitrogens with one attached hydrogen (secondary N) is 1. The zero-order chi connectivity index (χ0) is 14.7. The second-order valence-electron chi connectivity index (χ2n) is 4.79. The van der Waals surface area contributed by atoms with Crippen LogP contribution >= 0.6 is 0 Å². The van der Waals surface area contributed by atoms with Crippen LogP contribution in [0, 0.1) is 0 Å². The number of hydrogen-bond donors (Lipinski definition) is 1. The van der Waals surface area contributed by atoms with E-state index in [0.29, 0.717) is 25.4 Å². The number of morpholine rings is 1. The number of hydrogen-bond acceptors (Lipinski definition) is 4. The molecule has 2 aromatic rings. The number of nitrogens with zero attached hydrogens (tertiary/aromatic N) is 2. The van der Waals surface area contributed by atoms with E-state index in [9.17, 15) is 9.59 Å². The molecule has 1 amide bonds. The predicted molar refractivity (Wildman–Crippen MR) is 75.9 cm³/mol. The van der Waals surface area contributed by atoms with Crippen molar-refractivity contribution in [1.29, 1.82) is 0 Å². The highest BCUT2D eigenvalue weighted by Gasteiger charge is 2.27. The molecule has 6 nitrogen and oxygen atoms in total. The lowest BCUT2D eigenvalue weighted by Gasteiger charge is -2.32. The molecular formula is C15H15N3O3. The van der Waals surface area contributed by atoms with E-state index in [1.54, 1.807) is 23.2 Å². The summed E-state index contributed by atoms with van der Waals surface area (Å²) in [6.07, 6.45) is 1.47. The number of carbonyl (C=O) groups is 1. The fourth-order valence-corrected chi connectivity index (χ4v) is 2.32. The van der Waals surface area contributed by atoms with Gasteiger partial charge in [-0.05, 0) is 18.2 Å². The van der Waals surface area contributed by atoms with E-state index in [0.717, 1.165) is 5.69 Å². The number of aromatic amines is 1. The first kappa shape index (κ1) is 13.5. The molecule has 0 aliphatic carbocycles. The molecule has 108 valence electrons. The second-order valence-corrected chi connectivity index (χ2v) is 4.79. The monoisotopic (exact) mass is 285 g/mol. The molecule has 6 heteroatoms. The van der Waals surface area contributed by atoms with Crippen LogP contribution in [0.15, 0.2) is 47.4 Å². The summed E-state index contributed by atoms with van der Waals surface area (Å²) in [6.45, 7) is 1.37. The molecule has 1 saturated heterocycles. The van der Waals surface area contributed by atoms with Gasteiger partial charge in [-0.25, -0.2) is 0 Å². The number of amides is 1. The zero-order valence-electron chi connectivity index (χ0n) is 11.4. The molecule has 1 fully saturated rings. The summed E-state index contributed by atoms with van der Waals surface area (Å²) in [7, 11) is 0. The normalized spacial score (nSPS) is 18.5. The Kier molecular flexibility index (Phi) is 3.79. The molecule has 1 aliphatic rings. The second kappa shape index (κ2) is 5.88. The summed E-state index contributed by atoms with van der Waals surface area (Å²) < 4.78 is 5.68. The van der Waals surface area contributed by atoms with E-state index in [4.69, 9.17) is 4.74 Å². The first-order valence-corrected chi connectivity index (χ1v) is 6.75. The van der Waals surface area contributed by atoms with Crippen LogP contribution in [0.3, 0.4) is 0 Å². The number of ether oxygens (including phenoxy) is 1. The molecule has 0 bridgehead atoms. The highest BCUT2D eigenvalue weighted by molar-refractivity contribution is 5.92. The van der Waals surface area contributed by atoms with Gasteiger partial charge in [-0.2, -0.15) is 0 Å². The van der Waals surface area contributed by atoms with Gasteiger partial charge in [0.2, 0.25) is 5.56 Å².